The maximum Gasteiger partial charge on any atom is 0.238 e. The van der Waals surface area contributed by atoms with Crippen molar-refractivity contribution < 1.29 is 9.59 Å². The van der Waals surface area contributed by atoms with Crippen molar-refractivity contribution in [1.82, 2.24) is 0 Å². The smallest absolute Gasteiger partial charge is 0.238 e. The number of halogens is 1. The van der Waals surface area contributed by atoms with Crippen LogP contribution in [0.5, 0.6) is 0 Å². The molecule has 1 saturated heterocycles. The molecule has 4 heteroatoms. The van der Waals surface area contributed by atoms with Crippen LogP contribution in [0, 0.1) is 11.8 Å². The first-order chi connectivity index (χ1) is 14.6. The lowest BCUT2D eigenvalue weighted by Crippen LogP contribution is -2.31. The number of anilines is 1. The molecule has 30 heavy (non-hydrogen) atoms. The first-order valence-electron chi connectivity index (χ1n) is 10.1. The van der Waals surface area contributed by atoms with E-state index in [9.17, 15) is 9.59 Å². The van der Waals surface area contributed by atoms with E-state index in [1.165, 1.54) is 4.90 Å². The maximum atomic E-state index is 13.7. The van der Waals surface area contributed by atoms with Crippen molar-refractivity contribution in [3.63, 3.8) is 0 Å². The van der Waals surface area contributed by atoms with Gasteiger partial charge in [-0.3, -0.25) is 9.59 Å². The second kappa shape index (κ2) is 7.69. The Balaban J connectivity index is 1.64. The molecule has 0 spiro atoms. The van der Waals surface area contributed by atoms with Crippen LogP contribution in [0.3, 0.4) is 0 Å². The second-order valence-electron chi connectivity index (χ2n) is 7.80. The molecule has 5 rings (SSSR count). The Kier molecular flexibility index (Phi) is 4.87. The van der Waals surface area contributed by atoms with Crippen LogP contribution >= 0.6 is 15.9 Å². The zero-order chi connectivity index (χ0) is 20.7. The molecule has 3 aromatic rings. The molecule has 1 aliphatic carbocycles. The third-order valence-corrected chi connectivity index (χ3v) is 6.63. The third-order valence-electron chi connectivity index (χ3n) is 6.13. The molecule has 0 radical (unpaired) electrons. The van der Waals surface area contributed by atoms with E-state index in [-0.39, 0.29) is 23.7 Å². The molecule has 4 atom stereocenters. The number of benzene rings is 3. The van der Waals surface area contributed by atoms with Crippen LogP contribution in [0.2, 0.25) is 0 Å². The van der Waals surface area contributed by atoms with Crippen molar-refractivity contribution in [3.8, 4) is 0 Å². The molecule has 0 bridgehead atoms. The Morgan fingerprint density at radius 1 is 0.633 bits per heavy atom. The van der Waals surface area contributed by atoms with Gasteiger partial charge >= 0.3 is 0 Å². The lowest BCUT2D eigenvalue weighted by atomic mass is 9.68. The van der Waals surface area contributed by atoms with Gasteiger partial charge in [-0.25, -0.2) is 4.90 Å². The summed E-state index contributed by atoms with van der Waals surface area (Å²) in [6.07, 6.45) is 4.23. The number of hydrogen-bond donors (Lipinski definition) is 0. The summed E-state index contributed by atoms with van der Waals surface area (Å²) in [6, 6.07) is 27.4. The van der Waals surface area contributed by atoms with Gasteiger partial charge in [-0.05, 0) is 29.3 Å². The number of allylic oxidation sites excluding steroid dienone is 2. The Bertz CT molecular complexity index is 1060. The molecule has 3 aromatic carbocycles. The van der Waals surface area contributed by atoms with Gasteiger partial charge in [-0.2, -0.15) is 0 Å². The predicted molar refractivity (Wildman–Crippen MR) is 121 cm³/mol. The normalized spacial score (nSPS) is 25.4. The lowest BCUT2D eigenvalue weighted by Gasteiger charge is -2.32. The maximum absolute atomic E-state index is 13.7. The molecular weight excluding hydrogens is 438 g/mol. The highest BCUT2D eigenvalue weighted by atomic mass is 79.9. The van der Waals surface area contributed by atoms with E-state index in [0.29, 0.717) is 5.69 Å². The average Bonchev–Trinajstić information content (AvgIpc) is 3.05. The molecular formula is C26H20BrNO2. The Morgan fingerprint density at radius 3 is 1.60 bits per heavy atom. The zero-order valence-corrected chi connectivity index (χ0v) is 17.8. The number of amides is 2. The monoisotopic (exact) mass is 457 g/mol. The van der Waals surface area contributed by atoms with Gasteiger partial charge in [-0.1, -0.05) is 94.8 Å². The minimum Gasteiger partial charge on any atom is -0.274 e. The van der Waals surface area contributed by atoms with E-state index in [1.54, 1.807) is 0 Å². The van der Waals surface area contributed by atoms with E-state index in [2.05, 4.69) is 28.1 Å². The molecule has 2 aliphatic rings. The van der Waals surface area contributed by atoms with Crippen LogP contribution in [-0.2, 0) is 9.59 Å². The fourth-order valence-electron chi connectivity index (χ4n) is 4.80. The summed E-state index contributed by atoms with van der Waals surface area (Å²) < 4.78 is 0.841. The lowest BCUT2D eigenvalue weighted by molar-refractivity contribution is -0.122. The van der Waals surface area contributed by atoms with E-state index in [0.717, 1.165) is 15.6 Å². The largest absolute Gasteiger partial charge is 0.274 e. The van der Waals surface area contributed by atoms with Gasteiger partial charge in [0.05, 0.1) is 17.5 Å². The second-order valence-corrected chi connectivity index (χ2v) is 8.72. The average molecular weight is 458 g/mol. The minimum absolute atomic E-state index is 0.121. The molecule has 3 nitrogen and oxygen atoms in total. The number of hydrogen-bond acceptors (Lipinski definition) is 2. The number of carbonyl (C=O) groups is 2. The van der Waals surface area contributed by atoms with Gasteiger partial charge in [0.25, 0.3) is 0 Å². The van der Waals surface area contributed by atoms with Crippen LogP contribution < -0.4 is 4.90 Å². The van der Waals surface area contributed by atoms with Gasteiger partial charge in [0.1, 0.15) is 0 Å². The first kappa shape index (κ1) is 19.0. The van der Waals surface area contributed by atoms with Crippen molar-refractivity contribution in [2.75, 3.05) is 4.90 Å². The summed E-state index contributed by atoms with van der Waals surface area (Å²) in [6.45, 7) is 0. The summed E-state index contributed by atoms with van der Waals surface area (Å²) in [5.41, 5.74) is 2.74. The SMILES string of the molecule is O=C1[C@H]2[C@H](C(=O)N1c1cccc(Br)c1)[C@H](c1ccccc1)C=C[C@H]2c1ccccc1. The van der Waals surface area contributed by atoms with Gasteiger partial charge in [-0.15, -0.1) is 0 Å². The molecule has 148 valence electrons. The molecule has 1 fully saturated rings. The van der Waals surface area contributed by atoms with Gasteiger partial charge in [0.15, 0.2) is 0 Å². The molecule has 0 N–H and O–H groups in total. The summed E-state index contributed by atoms with van der Waals surface area (Å²) >= 11 is 3.46. The van der Waals surface area contributed by atoms with Crippen molar-refractivity contribution >= 4 is 33.4 Å². The Labute approximate surface area is 184 Å². The zero-order valence-electron chi connectivity index (χ0n) is 16.2. The fourth-order valence-corrected chi connectivity index (χ4v) is 5.19. The van der Waals surface area contributed by atoms with Crippen molar-refractivity contribution in [2.45, 2.75) is 11.8 Å². The molecule has 0 unspecified atom stereocenters. The number of fused-ring (bicyclic) bond motifs is 1. The van der Waals surface area contributed by atoms with E-state index < -0.39 is 11.8 Å². The Morgan fingerprint density at radius 2 is 1.13 bits per heavy atom. The van der Waals surface area contributed by atoms with E-state index >= 15 is 0 Å². The van der Waals surface area contributed by atoms with Gasteiger partial charge in [0, 0.05) is 16.3 Å². The topological polar surface area (TPSA) is 37.4 Å². The van der Waals surface area contributed by atoms with Gasteiger partial charge < -0.3 is 0 Å². The summed E-state index contributed by atoms with van der Waals surface area (Å²) in [7, 11) is 0. The van der Waals surface area contributed by atoms with Crippen LogP contribution in [-0.4, -0.2) is 11.8 Å². The number of imide groups is 1. The summed E-state index contributed by atoms with van der Waals surface area (Å²) in [4.78, 5) is 28.7. The molecule has 0 saturated carbocycles. The molecule has 2 amide bonds. The van der Waals surface area contributed by atoms with E-state index in [4.69, 9.17) is 0 Å². The van der Waals surface area contributed by atoms with E-state index in [1.807, 2.05) is 84.9 Å². The number of rotatable bonds is 3. The van der Waals surface area contributed by atoms with Crippen LogP contribution in [0.1, 0.15) is 23.0 Å². The highest BCUT2D eigenvalue weighted by Gasteiger charge is 2.55. The predicted octanol–water partition coefficient (Wildman–Crippen LogP) is 5.69. The molecule has 1 aliphatic heterocycles. The summed E-state index contributed by atoms with van der Waals surface area (Å²) in [5, 5.41) is 0. The fraction of sp³-hybridized carbons (Fsp3) is 0.154. The number of nitrogens with zero attached hydrogens (tertiary/aromatic N) is 1. The highest BCUT2D eigenvalue weighted by molar-refractivity contribution is 9.10. The third kappa shape index (κ3) is 3.12. The standard InChI is InChI=1S/C26H20BrNO2/c27-19-12-7-13-20(16-19)28-25(29)23-21(17-8-3-1-4-9-17)14-15-22(24(23)26(28)30)18-10-5-2-6-11-18/h1-16,21-24H/t21-,22-,23+,24+/m0/s1. The van der Waals surface area contributed by atoms with Crippen LogP contribution in [0.4, 0.5) is 5.69 Å². The Hall–Kier alpha value is -2.98. The quantitative estimate of drug-likeness (QED) is 0.374. The first-order valence-corrected chi connectivity index (χ1v) is 10.9. The van der Waals surface area contributed by atoms with Crippen molar-refractivity contribution in [2.24, 2.45) is 11.8 Å². The van der Waals surface area contributed by atoms with Crippen molar-refractivity contribution in [1.29, 1.82) is 0 Å². The summed E-state index contributed by atoms with van der Waals surface area (Å²) in [5.74, 6) is -1.33. The van der Waals surface area contributed by atoms with Crippen LogP contribution in [0.25, 0.3) is 0 Å². The molecule has 0 aromatic heterocycles. The highest BCUT2D eigenvalue weighted by Crippen LogP contribution is 2.50. The van der Waals surface area contributed by atoms with Crippen molar-refractivity contribution in [3.05, 3.63) is 113 Å². The minimum atomic E-state index is -0.422. The number of carbonyl (C=O) groups excluding carboxylic acids is 2. The van der Waals surface area contributed by atoms with Gasteiger partial charge in [0.2, 0.25) is 11.8 Å². The van der Waals surface area contributed by atoms with Crippen LogP contribution in [0.15, 0.2) is 102 Å². The molecule has 1 heterocycles.